The number of hydrogen-bond acceptors (Lipinski definition) is 7. The summed E-state index contributed by atoms with van der Waals surface area (Å²) in [4.78, 5) is 27.0. The van der Waals surface area contributed by atoms with E-state index in [4.69, 9.17) is 21.1 Å². The summed E-state index contributed by atoms with van der Waals surface area (Å²) in [5.41, 5.74) is 1.77. The first-order valence-electron chi connectivity index (χ1n) is 15.7. The van der Waals surface area contributed by atoms with Crippen LogP contribution in [0.3, 0.4) is 0 Å². The van der Waals surface area contributed by atoms with Gasteiger partial charge in [0.1, 0.15) is 17.6 Å². The van der Waals surface area contributed by atoms with Gasteiger partial charge in [0.25, 0.3) is 0 Å². The zero-order valence-corrected chi connectivity index (χ0v) is 28.6. The summed E-state index contributed by atoms with van der Waals surface area (Å²) in [6.45, 7) is 1.14. The number of carbonyl (C=O) groups is 2. The minimum atomic E-state index is -3.79. The van der Waals surface area contributed by atoms with Gasteiger partial charge in [0.2, 0.25) is 15.9 Å². The van der Waals surface area contributed by atoms with Crippen molar-refractivity contribution in [2.75, 3.05) is 39.2 Å². The van der Waals surface area contributed by atoms with Gasteiger partial charge in [-0.15, -0.1) is 0 Å². The number of carbonyl (C=O) groups excluding carboxylic acids is 2. The summed E-state index contributed by atoms with van der Waals surface area (Å²) < 4.78 is 54.2. The van der Waals surface area contributed by atoms with Gasteiger partial charge in [-0.1, -0.05) is 60.1 Å². The first kappa shape index (κ1) is 35.8. The molecule has 13 heteroatoms. The number of ether oxygens (including phenoxy) is 2. The molecular weight excluding hydrogens is 671 g/mol. The minimum absolute atomic E-state index is 0.129. The summed E-state index contributed by atoms with van der Waals surface area (Å²) in [6, 6.07) is 24.9. The van der Waals surface area contributed by atoms with Crippen LogP contribution >= 0.6 is 11.6 Å². The van der Waals surface area contributed by atoms with Crippen LogP contribution in [0.4, 0.5) is 14.9 Å². The third-order valence-corrected chi connectivity index (χ3v) is 10.7. The number of benzene rings is 4. The van der Waals surface area contributed by atoms with Gasteiger partial charge in [-0.25, -0.2) is 17.6 Å². The van der Waals surface area contributed by atoms with Crippen molar-refractivity contribution in [3.05, 3.63) is 125 Å². The Kier molecular flexibility index (Phi) is 11.9. The van der Waals surface area contributed by atoms with E-state index >= 15 is 4.39 Å². The molecule has 10 nitrogen and oxygen atoms in total. The molecular formula is C36H38ClFN4O6S. The van der Waals surface area contributed by atoms with E-state index in [1.165, 1.54) is 23.5 Å². The van der Waals surface area contributed by atoms with Gasteiger partial charge in [0.05, 0.1) is 19.1 Å². The Labute approximate surface area is 290 Å². The summed E-state index contributed by atoms with van der Waals surface area (Å²) in [6.07, 6.45) is -0.424. The molecule has 2 amide bonds. The van der Waals surface area contributed by atoms with Gasteiger partial charge in [0.15, 0.2) is 0 Å². The van der Waals surface area contributed by atoms with E-state index in [-0.39, 0.29) is 35.5 Å². The predicted octanol–water partition coefficient (Wildman–Crippen LogP) is 5.58. The molecule has 5 rings (SSSR count). The summed E-state index contributed by atoms with van der Waals surface area (Å²) in [5, 5.41) is 9.25. The fourth-order valence-electron chi connectivity index (χ4n) is 6.03. The van der Waals surface area contributed by atoms with Crippen molar-refractivity contribution in [2.24, 2.45) is 0 Å². The maximum absolute atomic E-state index is 15.5. The molecule has 49 heavy (non-hydrogen) atoms. The van der Waals surface area contributed by atoms with Crippen molar-refractivity contribution >= 4 is 39.3 Å². The summed E-state index contributed by atoms with van der Waals surface area (Å²) in [7, 11) is -1.05. The van der Waals surface area contributed by atoms with Gasteiger partial charge >= 0.3 is 6.09 Å². The molecule has 0 saturated carbocycles. The molecule has 1 fully saturated rings. The normalized spacial score (nSPS) is 16.3. The Bertz CT molecular complexity index is 1850. The van der Waals surface area contributed by atoms with E-state index in [0.29, 0.717) is 35.0 Å². The maximum atomic E-state index is 15.5. The fraction of sp³-hybridized carbons (Fsp3) is 0.278. The number of rotatable bonds is 12. The molecule has 0 radical (unpaired) electrons. The molecule has 3 atom stereocenters. The number of hydrogen-bond donors (Lipinski definition) is 3. The lowest BCUT2D eigenvalue weighted by molar-refractivity contribution is -0.118. The van der Waals surface area contributed by atoms with Crippen LogP contribution in [0.5, 0.6) is 5.75 Å². The molecule has 3 N–H and O–H groups in total. The zero-order chi connectivity index (χ0) is 35.0. The van der Waals surface area contributed by atoms with Crippen molar-refractivity contribution in [1.82, 2.24) is 14.9 Å². The van der Waals surface area contributed by atoms with Crippen LogP contribution in [0.1, 0.15) is 29.0 Å². The lowest BCUT2D eigenvalue weighted by atomic mass is 9.84. The number of amides is 2. The van der Waals surface area contributed by atoms with E-state index in [2.05, 4.69) is 16.0 Å². The lowest BCUT2D eigenvalue weighted by Gasteiger charge is -2.35. The van der Waals surface area contributed by atoms with Crippen LogP contribution in [0, 0.1) is 5.82 Å². The third kappa shape index (κ3) is 8.57. The van der Waals surface area contributed by atoms with Crippen molar-refractivity contribution in [2.45, 2.75) is 35.7 Å². The first-order chi connectivity index (χ1) is 23.6. The number of halogens is 2. The van der Waals surface area contributed by atoms with Crippen molar-refractivity contribution < 1.29 is 31.9 Å². The van der Waals surface area contributed by atoms with Gasteiger partial charge in [-0.05, 0) is 72.5 Å². The van der Waals surface area contributed by atoms with Crippen molar-refractivity contribution in [3.63, 3.8) is 0 Å². The molecule has 1 aliphatic rings. The highest BCUT2D eigenvalue weighted by Gasteiger charge is 2.35. The number of anilines is 1. The molecule has 0 aliphatic carbocycles. The smallest absolute Gasteiger partial charge is 0.407 e. The van der Waals surface area contributed by atoms with Crippen molar-refractivity contribution in [3.8, 4) is 5.75 Å². The van der Waals surface area contributed by atoms with E-state index in [1.807, 2.05) is 0 Å². The molecule has 258 valence electrons. The van der Waals surface area contributed by atoms with Crippen LogP contribution in [0.2, 0.25) is 5.02 Å². The largest absolute Gasteiger partial charge is 0.497 e. The SMILES string of the molecule is COC(=O)N[C@H](C(=O)Nc1cccc(F)c1CC[C@H]1CNCCN1S(=O)(=O)c1ccccc1)[C@@H](c1ccc(Cl)cc1)c1ccc(OC)cc1. The second kappa shape index (κ2) is 16.3. The van der Waals surface area contributed by atoms with E-state index < -0.39 is 45.8 Å². The highest BCUT2D eigenvalue weighted by atomic mass is 35.5. The quantitative estimate of drug-likeness (QED) is 0.176. The van der Waals surface area contributed by atoms with Crippen LogP contribution in [-0.4, -0.2) is 70.7 Å². The zero-order valence-electron chi connectivity index (χ0n) is 27.1. The van der Waals surface area contributed by atoms with Crippen molar-refractivity contribution in [1.29, 1.82) is 0 Å². The Morgan fingerprint density at radius 2 is 1.63 bits per heavy atom. The van der Waals surface area contributed by atoms with E-state index in [1.54, 1.807) is 92.0 Å². The van der Waals surface area contributed by atoms with Crippen LogP contribution in [-0.2, 0) is 26.0 Å². The van der Waals surface area contributed by atoms with Crippen LogP contribution in [0.25, 0.3) is 0 Å². The average Bonchev–Trinajstić information content (AvgIpc) is 3.12. The first-order valence-corrected chi connectivity index (χ1v) is 17.5. The second-order valence-corrected chi connectivity index (χ2v) is 13.8. The Hall–Kier alpha value is -4.49. The fourth-order valence-corrected chi connectivity index (χ4v) is 7.83. The minimum Gasteiger partial charge on any atom is -0.497 e. The highest BCUT2D eigenvalue weighted by molar-refractivity contribution is 7.89. The number of methoxy groups -OCH3 is 2. The molecule has 1 saturated heterocycles. The van der Waals surface area contributed by atoms with Gasteiger partial charge in [-0.2, -0.15) is 4.31 Å². The monoisotopic (exact) mass is 708 g/mol. The van der Waals surface area contributed by atoms with Gasteiger partial charge in [-0.3, -0.25) is 4.79 Å². The number of nitrogens with zero attached hydrogens (tertiary/aromatic N) is 1. The van der Waals surface area contributed by atoms with Gasteiger partial charge < -0.3 is 25.4 Å². The molecule has 1 heterocycles. The number of sulfonamides is 1. The number of alkyl carbamates (subject to hydrolysis) is 1. The molecule has 0 bridgehead atoms. The molecule has 1 aliphatic heterocycles. The Morgan fingerprint density at radius 1 is 0.959 bits per heavy atom. The Balaban J connectivity index is 1.44. The second-order valence-electron chi connectivity index (χ2n) is 11.5. The third-order valence-electron chi connectivity index (χ3n) is 8.53. The number of piperazine rings is 1. The molecule has 4 aromatic rings. The van der Waals surface area contributed by atoms with Crippen LogP contribution in [0.15, 0.2) is 102 Å². The summed E-state index contributed by atoms with van der Waals surface area (Å²) in [5.74, 6) is -1.29. The summed E-state index contributed by atoms with van der Waals surface area (Å²) >= 11 is 6.18. The molecule has 4 aromatic carbocycles. The van der Waals surface area contributed by atoms with Crippen LogP contribution < -0.4 is 20.7 Å². The maximum Gasteiger partial charge on any atom is 0.407 e. The topological polar surface area (TPSA) is 126 Å². The molecule has 0 aromatic heterocycles. The molecule has 0 unspecified atom stereocenters. The standard InChI is InChI=1S/C36H38ClFN4O6S/c1-47-28-18-13-25(14-19-28)33(24-11-15-26(37)16-12-24)34(41-36(44)48-2)35(43)40-32-10-6-9-31(38)30(32)20-17-27-23-39-21-22-42(27)49(45,46)29-7-4-3-5-8-29/h3-16,18-19,27,33-34,39H,17,20-23H2,1-2H3,(H,40,43)(H,41,44)/t27-,33-,34-/m0/s1. The number of nitrogens with one attached hydrogen (secondary N) is 3. The average molecular weight is 709 g/mol. The van der Waals surface area contributed by atoms with E-state index in [0.717, 1.165) is 0 Å². The highest BCUT2D eigenvalue weighted by Crippen LogP contribution is 2.32. The Morgan fingerprint density at radius 3 is 2.29 bits per heavy atom. The van der Waals surface area contributed by atoms with Gasteiger partial charge in [0, 0.05) is 47.9 Å². The lowest BCUT2D eigenvalue weighted by Crippen LogP contribution is -2.53. The molecule has 0 spiro atoms. The predicted molar refractivity (Wildman–Crippen MR) is 186 cm³/mol. The van der Waals surface area contributed by atoms with E-state index in [9.17, 15) is 18.0 Å².